The predicted molar refractivity (Wildman–Crippen MR) is 61.7 cm³/mol. The minimum atomic E-state index is -0.566. The Bertz CT molecular complexity index is 377. The number of carbonyl (C=O) groups excluding carboxylic acids is 2. The van der Waals surface area contributed by atoms with Crippen molar-refractivity contribution in [3.63, 3.8) is 0 Å². The van der Waals surface area contributed by atoms with Crippen molar-refractivity contribution < 1.29 is 19.1 Å². The molecule has 0 fully saturated rings. The van der Waals surface area contributed by atoms with Gasteiger partial charge in [-0.2, -0.15) is 0 Å². The lowest BCUT2D eigenvalue weighted by Gasteiger charge is -2.18. The van der Waals surface area contributed by atoms with Crippen molar-refractivity contribution in [1.29, 1.82) is 0 Å². The van der Waals surface area contributed by atoms with Gasteiger partial charge >= 0.3 is 12.1 Å². The van der Waals surface area contributed by atoms with Crippen LogP contribution < -0.4 is 4.74 Å². The maximum atomic E-state index is 11.7. The second-order valence-electron chi connectivity index (χ2n) is 3.27. The number of likely N-dealkylation sites (N-methyl/N-ethyl adjacent to an activating group) is 1. The number of methoxy groups -OCH3 is 1. The van der Waals surface area contributed by atoms with Gasteiger partial charge in [-0.05, 0) is 19.1 Å². The fourth-order valence-corrected chi connectivity index (χ4v) is 1.18. The first-order chi connectivity index (χ1) is 8.17. The zero-order chi connectivity index (χ0) is 12.7. The van der Waals surface area contributed by atoms with E-state index in [9.17, 15) is 9.59 Å². The Morgan fingerprint density at radius 2 is 1.88 bits per heavy atom. The van der Waals surface area contributed by atoms with Crippen molar-refractivity contribution >= 4 is 12.1 Å². The molecule has 0 aliphatic heterocycles. The van der Waals surface area contributed by atoms with Gasteiger partial charge in [0.1, 0.15) is 12.3 Å². The highest BCUT2D eigenvalue weighted by Gasteiger charge is 2.17. The number of esters is 1. The van der Waals surface area contributed by atoms with Crippen LogP contribution >= 0.6 is 0 Å². The Morgan fingerprint density at radius 3 is 2.41 bits per heavy atom. The molecule has 0 aliphatic carbocycles. The molecular weight excluding hydrogens is 222 g/mol. The normalized spacial score (nSPS) is 9.53. The number of para-hydroxylation sites is 1. The van der Waals surface area contributed by atoms with Crippen LogP contribution in [-0.2, 0) is 9.53 Å². The molecule has 17 heavy (non-hydrogen) atoms. The van der Waals surface area contributed by atoms with Gasteiger partial charge in [-0.3, -0.25) is 9.69 Å². The highest BCUT2D eigenvalue weighted by molar-refractivity contribution is 5.79. The van der Waals surface area contributed by atoms with Gasteiger partial charge in [-0.1, -0.05) is 18.2 Å². The molecular formula is C12H15NO4. The van der Waals surface area contributed by atoms with Crippen LogP contribution in [0.15, 0.2) is 30.3 Å². The average Bonchev–Trinajstić information content (AvgIpc) is 2.36. The molecule has 0 N–H and O–H groups in total. The molecule has 0 aromatic heterocycles. The van der Waals surface area contributed by atoms with Gasteiger partial charge < -0.3 is 9.47 Å². The summed E-state index contributed by atoms with van der Waals surface area (Å²) in [5.41, 5.74) is 0. The van der Waals surface area contributed by atoms with Crippen LogP contribution in [0.2, 0.25) is 0 Å². The van der Waals surface area contributed by atoms with Gasteiger partial charge in [0.25, 0.3) is 0 Å². The van der Waals surface area contributed by atoms with E-state index < -0.39 is 12.1 Å². The Labute approximate surface area is 99.9 Å². The molecule has 0 saturated heterocycles. The lowest BCUT2D eigenvalue weighted by molar-refractivity contribution is -0.141. The Balaban J connectivity index is 2.58. The SMILES string of the molecule is CCN(CC(=O)OC)C(=O)Oc1ccccc1. The molecule has 0 unspecified atom stereocenters. The quantitative estimate of drug-likeness (QED) is 0.747. The van der Waals surface area contributed by atoms with Crippen molar-refractivity contribution in [2.45, 2.75) is 6.92 Å². The smallest absolute Gasteiger partial charge is 0.415 e. The highest BCUT2D eigenvalue weighted by Crippen LogP contribution is 2.10. The molecule has 0 heterocycles. The van der Waals surface area contributed by atoms with Gasteiger partial charge in [0.05, 0.1) is 7.11 Å². The number of hydrogen-bond acceptors (Lipinski definition) is 4. The zero-order valence-corrected chi connectivity index (χ0v) is 9.88. The summed E-state index contributed by atoms with van der Waals surface area (Å²) in [6, 6.07) is 8.69. The van der Waals surface area contributed by atoms with E-state index in [4.69, 9.17) is 4.74 Å². The third kappa shape index (κ3) is 4.14. The van der Waals surface area contributed by atoms with E-state index in [0.29, 0.717) is 12.3 Å². The predicted octanol–water partition coefficient (Wildman–Crippen LogP) is 1.68. The van der Waals surface area contributed by atoms with E-state index in [1.165, 1.54) is 12.0 Å². The van der Waals surface area contributed by atoms with Gasteiger partial charge in [0, 0.05) is 6.54 Å². The summed E-state index contributed by atoms with van der Waals surface area (Å²) in [5.74, 6) is -0.0299. The number of carbonyl (C=O) groups is 2. The van der Waals surface area contributed by atoms with E-state index in [2.05, 4.69) is 4.74 Å². The van der Waals surface area contributed by atoms with Crippen LogP contribution in [0, 0.1) is 0 Å². The molecule has 5 nitrogen and oxygen atoms in total. The van der Waals surface area contributed by atoms with E-state index in [1.807, 2.05) is 6.07 Å². The summed E-state index contributed by atoms with van der Waals surface area (Å²) in [5, 5.41) is 0. The van der Waals surface area contributed by atoms with Gasteiger partial charge in [-0.15, -0.1) is 0 Å². The largest absolute Gasteiger partial charge is 0.468 e. The highest BCUT2D eigenvalue weighted by atomic mass is 16.6. The molecule has 92 valence electrons. The second kappa shape index (κ2) is 6.52. The number of ether oxygens (including phenoxy) is 2. The molecule has 0 bridgehead atoms. The van der Waals surface area contributed by atoms with Crippen LogP contribution in [0.1, 0.15) is 6.92 Å². The fourth-order valence-electron chi connectivity index (χ4n) is 1.18. The van der Waals surface area contributed by atoms with Crippen LogP contribution in [0.5, 0.6) is 5.75 Å². The molecule has 1 rings (SSSR count). The number of benzene rings is 1. The van der Waals surface area contributed by atoms with Crippen molar-refractivity contribution in [1.82, 2.24) is 4.90 Å². The summed E-state index contributed by atoms with van der Waals surface area (Å²) < 4.78 is 9.59. The first kappa shape index (κ1) is 13.0. The molecule has 1 aromatic rings. The van der Waals surface area contributed by atoms with Crippen molar-refractivity contribution in [2.24, 2.45) is 0 Å². The molecule has 1 aromatic carbocycles. The lowest BCUT2D eigenvalue weighted by Crippen LogP contribution is -2.37. The minimum absolute atomic E-state index is 0.112. The van der Waals surface area contributed by atoms with Crippen molar-refractivity contribution in [3.05, 3.63) is 30.3 Å². The molecule has 0 spiro atoms. The third-order valence-electron chi connectivity index (χ3n) is 2.14. The maximum Gasteiger partial charge on any atom is 0.415 e. The molecule has 0 atom stereocenters. The molecule has 5 heteroatoms. The van der Waals surface area contributed by atoms with Gasteiger partial charge in [-0.25, -0.2) is 4.79 Å². The summed E-state index contributed by atoms with van der Waals surface area (Å²) in [6.07, 6.45) is -0.566. The standard InChI is InChI=1S/C12H15NO4/c1-3-13(9-11(14)16-2)12(15)17-10-7-5-4-6-8-10/h4-8H,3,9H2,1-2H3. The van der Waals surface area contributed by atoms with Crippen molar-refractivity contribution in [2.75, 3.05) is 20.2 Å². The zero-order valence-electron chi connectivity index (χ0n) is 9.88. The summed E-state index contributed by atoms with van der Waals surface area (Å²) in [7, 11) is 1.28. The monoisotopic (exact) mass is 237 g/mol. The summed E-state index contributed by atoms with van der Waals surface area (Å²) in [4.78, 5) is 24.0. The van der Waals surface area contributed by atoms with E-state index in [0.717, 1.165) is 0 Å². The third-order valence-corrected chi connectivity index (χ3v) is 2.14. The number of rotatable bonds is 4. The summed E-state index contributed by atoms with van der Waals surface area (Å²) >= 11 is 0. The van der Waals surface area contributed by atoms with E-state index in [-0.39, 0.29) is 6.54 Å². The van der Waals surface area contributed by atoms with Crippen molar-refractivity contribution in [3.8, 4) is 5.75 Å². The molecule has 0 aliphatic rings. The Morgan fingerprint density at radius 1 is 1.24 bits per heavy atom. The Hall–Kier alpha value is -2.04. The van der Waals surface area contributed by atoms with Crippen LogP contribution in [0.4, 0.5) is 4.79 Å². The molecule has 0 radical (unpaired) electrons. The lowest BCUT2D eigenvalue weighted by atomic mass is 10.3. The number of hydrogen-bond donors (Lipinski definition) is 0. The number of amides is 1. The topological polar surface area (TPSA) is 55.8 Å². The second-order valence-corrected chi connectivity index (χ2v) is 3.27. The first-order valence-electron chi connectivity index (χ1n) is 5.26. The summed E-state index contributed by atoms with van der Waals surface area (Å²) in [6.45, 7) is 2.02. The molecule has 1 amide bonds. The van der Waals surface area contributed by atoms with Crippen LogP contribution in [-0.4, -0.2) is 37.2 Å². The van der Waals surface area contributed by atoms with Crippen LogP contribution in [0.25, 0.3) is 0 Å². The number of nitrogens with zero attached hydrogens (tertiary/aromatic N) is 1. The first-order valence-corrected chi connectivity index (χ1v) is 5.26. The molecule has 0 saturated carbocycles. The van der Waals surface area contributed by atoms with Crippen LogP contribution in [0.3, 0.4) is 0 Å². The maximum absolute atomic E-state index is 11.7. The average molecular weight is 237 g/mol. The fraction of sp³-hybridized carbons (Fsp3) is 0.333. The van der Waals surface area contributed by atoms with Gasteiger partial charge in [0.15, 0.2) is 0 Å². The van der Waals surface area contributed by atoms with E-state index in [1.54, 1.807) is 31.2 Å². The minimum Gasteiger partial charge on any atom is -0.468 e. The Kier molecular flexibility index (Phi) is 5.00. The van der Waals surface area contributed by atoms with E-state index >= 15 is 0 Å². The van der Waals surface area contributed by atoms with Gasteiger partial charge in [0.2, 0.25) is 0 Å².